The van der Waals surface area contributed by atoms with E-state index in [1.54, 1.807) is 6.92 Å². The molecule has 0 spiro atoms. The highest BCUT2D eigenvalue weighted by Crippen LogP contribution is 2.11. The van der Waals surface area contributed by atoms with Gasteiger partial charge in [-0.2, -0.15) is 0 Å². The molecule has 0 saturated heterocycles. The van der Waals surface area contributed by atoms with Crippen LogP contribution in [0.15, 0.2) is 29.2 Å². The van der Waals surface area contributed by atoms with Crippen LogP contribution < -0.4 is 4.72 Å². The van der Waals surface area contributed by atoms with Gasteiger partial charge in [-0.25, -0.2) is 13.1 Å². The normalized spacial score (nSPS) is 13.0. The smallest absolute Gasteiger partial charge is 0.241 e. The summed E-state index contributed by atoms with van der Waals surface area (Å²) in [6.07, 6.45) is 0.271. The van der Waals surface area contributed by atoms with Gasteiger partial charge in [-0.1, -0.05) is 19.1 Å². The molecule has 0 aliphatic heterocycles. The fraction of sp³-hybridized carbons (Fsp3) is 0.385. The van der Waals surface area contributed by atoms with Gasteiger partial charge in [0.2, 0.25) is 10.0 Å². The lowest BCUT2D eigenvalue weighted by Crippen LogP contribution is -2.38. The van der Waals surface area contributed by atoms with Gasteiger partial charge in [-0.15, -0.1) is 0 Å². The molecular formula is C13H17NO4S. The van der Waals surface area contributed by atoms with Crippen LogP contribution in [0.3, 0.4) is 0 Å². The predicted molar refractivity (Wildman–Crippen MR) is 71.5 cm³/mol. The van der Waals surface area contributed by atoms with Crippen LogP contribution in [0.4, 0.5) is 0 Å². The van der Waals surface area contributed by atoms with Gasteiger partial charge in [0.25, 0.3) is 0 Å². The van der Waals surface area contributed by atoms with E-state index in [4.69, 9.17) is 0 Å². The first-order valence-corrected chi connectivity index (χ1v) is 7.42. The van der Waals surface area contributed by atoms with Gasteiger partial charge < -0.3 is 0 Å². The second kappa shape index (κ2) is 6.08. The number of sulfonamides is 1. The molecule has 5 nitrogen and oxygen atoms in total. The van der Waals surface area contributed by atoms with E-state index in [0.717, 1.165) is 0 Å². The molecule has 0 aliphatic carbocycles. The van der Waals surface area contributed by atoms with Crippen LogP contribution in [-0.2, 0) is 14.8 Å². The minimum atomic E-state index is -3.74. The van der Waals surface area contributed by atoms with E-state index in [0.29, 0.717) is 5.56 Å². The minimum Gasteiger partial charge on any atom is -0.298 e. The van der Waals surface area contributed by atoms with Crippen molar-refractivity contribution in [3.05, 3.63) is 29.8 Å². The molecule has 1 unspecified atom stereocenters. The molecule has 1 atom stereocenters. The second-order valence-corrected chi connectivity index (χ2v) is 5.96. The molecule has 0 saturated carbocycles. The van der Waals surface area contributed by atoms with E-state index in [-0.39, 0.29) is 22.9 Å². The van der Waals surface area contributed by atoms with Crippen molar-refractivity contribution in [1.82, 2.24) is 4.72 Å². The Bertz CT molecular complexity index is 575. The van der Waals surface area contributed by atoms with Crippen LogP contribution in [0, 0.1) is 0 Å². The Morgan fingerprint density at radius 3 is 2.16 bits per heavy atom. The SMILES string of the molecule is CCC(=O)C(C)NS(=O)(=O)c1ccc(C(C)=O)cc1. The van der Waals surface area contributed by atoms with Crippen molar-refractivity contribution in [2.75, 3.05) is 0 Å². The molecule has 0 radical (unpaired) electrons. The fourth-order valence-corrected chi connectivity index (χ4v) is 2.77. The standard InChI is InChI=1S/C13H17NO4S/c1-4-13(16)9(2)14-19(17,18)12-7-5-11(6-8-12)10(3)15/h5-9,14H,4H2,1-3H3. The monoisotopic (exact) mass is 283 g/mol. The first-order chi connectivity index (χ1) is 8.77. The largest absolute Gasteiger partial charge is 0.298 e. The summed E-state index contributed by atoms with van der Waals surface area (Å²) in [7, 11) is -3.74. The Hall–Kier alpha value is -1.53. The van der Waals surface area contributed by atoms with E-state index in [1.807, 2.05) is 0 Å². The molecule has 0 bridgehead atoms. The molecule has 19 heavy (non-hydrogen) atoms. The van der Waals surface area contributed by atoms with E-state index in [2.05, 4.69) is 4.72 Å². The number of carbonyl (C=O) groups excluding carboxylic acids is 2. The van der Waals surface area contributed by atoms with Gasteiger partial charge in [0.15, 0.2) is 5.78 Å². The van der Waals surface area contributed by atoms with Gasteiger partial charge >= 0.3 is 0 Å². The van der Waals surface area contributed by atoms with Gasteiger partial charge in [0.1, 0.15) is 5.78 Å². The zero-order valence-electron chi connectivity index (χ0n) is 11.1. The number of ketones is 2. The Morgan fingerprint density at radius 1 is 1.21 bits per heavy atom. The third-order valence-electron chi connectivity index (χ3n) is 2.73. The summed E-state index contributed by atoms with van der Waals surface area (Å²) in [4.78, 5) is 22.5. The number of carbonyl (C=O) groups is 2. The number of hydrogen-bond acceptors (Lipinski definition) is 4. The number of hydrogen-bond donors (Lipinski definition) is 1. The van der Waals surface area contributed by atoms with Crippen molar-refractivity contribution in [2.24, 2.45) is 0 Å². The Labute approximate surface area is 113 Å². The van der Waals surface area contributed by atoms with E-state index in [9.17, 15) is 18.0 Å². The van der Waals surface area contributed by atoms with Gasteiger partial charge in [-0.05, 0) is 26.0 Å². The van der Waals surface area contributed by atoms with Gasteiger partial charge in [0, 0.05) is 12.0 Å². The molecule has 0 heterocycles. The predicted octanol–water partition coefficient (Wildman–Crippen LogP) is 1.54. The van der Waals surface area contributed by atoms with Crippen LogP contribution in [0.1, 0.15) is 37.6 Å². The average Bonchev–Trinajstić information content (AvgIpc) is 2.37. The van der Waals surface area contributed by atoms with Gasteiger partial charge in [-0.3, -0.25) is 9.59 Å². The van der Waals surface area contributed by atoms with E-state index >= 15 is 0 Å². The third kappa shape index (κ3) is 3.97. The zero-order valence-corrected chi connectivity index (χ0v) is 12.0. The molecule has 0 amide bonds. The molecule has 0 aromatic heterocycles. The molecule has 1 aromatic rings. The summed E-state index contributed by atoms with van der Waals surface area (Å²) in [5.74, 6) is -0.310. The Kier molecular flexibility index (Phi) is 4.97. The summed E-state index contributed by atoms with van der Waals surface area (Å²) < 4.78 is 26.3. The van der Waals surface area contributed by atoms with Crippen molar-refractivity contribution in [3.63, 3.8) is 0 Å². The molecule has 1 rings (SSSR count). The Morgan fingerprint density at radius 2 is 1.74 bits per heavy atom. The molecule has 104 valence electrons. The van der Waals surface area contributed by atoms with Crippen molar-refractivity contribution in [2.45, 2.75) is 38.1 Å². The van der Waals surface area contributed by atoms with Crippen LogP contribution >= 0.6 is 0 Å². The number of rotatable bonds is 6. The number of Topliss-reactive ketones (excluding diaryl/α,β-unsaturated/α-hetero) is 2. The molecule has 6 heteroatoms. The number of nitrogens with one attached hydrogen (secondary N) is 1. The van der Waals surface area contributed by atoms with Crippen molar-refractivity contribution < 1.29 is 18.0 Å². The van der Waals surface area contributed by atoms with Crippen molar-refractivity contribution in [3.8, 4) is 0 Å². The summed E-state index contributed by atoms with van der Waals surface area (Å²) in [5, 5.41) is 0. The lowest BCUT2D eigenvalue weighted by atomic mass is 10.2. The van der Waals surface area contributed by atoms with Gasteiger partial charge in [0.05, 0.1) is 10.9 Å². The topological polar surface area (TPSA) is 80.3 Å². The molecule has 1 aromatic carbocycles. The van der Waals surface area contributed by atoms with E-state index in [1.165, 1.54) is 38.1 Å². The molecular weight excluding hydrogens is 266 g/mol. The first kappa shape index (κ1) is 15.5. The summed E-state index contributed by atoms with van der Waals surface area (Å²) in [6, 6.07) is 4.83. The average molecular weight is 283 g/mol. The minimum absolute atomic E-state index is 0.0354. The molecule has 1 N–H and O–H groups in total. The van der Waals surface area contributed by atoms with Crippen molar-refractivity contribution in [1.29, 1.82) is 0 Å². The Balaban J connectivity index is 2.94. The highest BCUT2D eigenvalue weighted by atomic mass is 32.2. The summed E-state index contributed by atoms with van der Waals surface area (Å²) in [5.41, 5.74) is 0.441. The summed E-state index contributed by atoms with van der Waals surface area (Å²) >= 11 is 0. The lowest BCUT2D eigenvalue weighted by molar-refractivity contribution is -0.119. The quantitative estimate of drug-likeness (QED) is 0.803. The van der Waals surface area contributed by atoms with Crippen LogP contribution in [0.2, 0.25) is 0 Å². The highest BCUT2D eigenvalue weighted by molar-refractivity contribution is 7.89. The fourth-order valence-electron chi connectivity index (χ4n) is 1.54. The molecule has 0 fully saturated rings. The number of benzene rings is 1. The lowest BCUT2D eigenvalue weighted by Gasteiger charge is -2.12. The maximum atomic E-state index is 12.0. The van der Waals surface area contributed by atoms with Crippen LogP contribution in [-0.4, -0.2) is 26.0 Å². The second-order valence-electron chi connectivity index (χ2n) is 4.24. The maximum absolute atomic E-state index is 12.0. The maximum Gasteiger partial charge on any atom is 0.241 e. The zero-order chi connectivity index (χ0) is 14.6. The highest BCUT2D eigenvalue weighted by Gasteiger charge is 2.20. The first-order valence-electron chi connectivity index (χ1n) is 5.94. The van der Waals surface area contributed by atoms with E-state index < -0.39 is 16.1 Å². The van der Waals surface area contributed by atoms with Crippen molar-refractivity contribution >= 4 is 21.6 Å². The van der Waals surface area contributed by atoms with Crippen LogP contribution in [0.25, 0.3) is 0 Å². The third-order valence-corrected chi connectivity index (χ3v) is 4.29. The summed E-state index contributed by atoms with van der Waals surface area (Å²) in [6.45, 7) is 4.59. The molecule has 0 aliphatic rings. The van der Waals surface area contributed by atoms with Crippen LogP contribution in [0.5, 0.6) is 0 Å².